The Bertz CT molecular complexity index is 1050. The summed E-state index contributed by atoms with van der Waals surface area (Å²) in [5.74, 6) is -4.76. The number of carbonyl (C=O) groups is 2. The summed E-state index contributed by atoms with van der Waals surface area (Å²) in [5, 5.41) is 18.8. The number of aliphatic hydroxyl groups is 1. The van der Waals surface area contributed by atoms with E-state index < -0.39 is 44.6 Å². The van der Waals surface area contributed by atoms with Gasteiger partial charge in [0, 0.05) is 13.0 Å². The van der Waals surface area contributed by atoms with Crippen molar-refractivity contribution in [1.29, 1.82) is 0 Å². The van der Waals surface area contributed by atoms with Crippen molar-refractivity contribution >= 4 is 34.1 Å². The van der Waals surface area contributed by atoms with Crippen LogP contribution in [0.5, 0.6) is 0 Å². The third-order valence-electron chi connectivity index (χ3n) is 3.68. The number of carboxylic acids is 1. The number of carboxylic acid groups (broad SMARTS) is 1. The van der Waals surface area contributed by atoms with Gasteiger partial charge in [-0.15, -0.1) is 0 Å². The minimum Gasteiger partial charge on any atom is -0.743 e. The Kier molecular flexibility index (Phi) is 23.9. The molecule has 0 aliphatic rings. The summed E-state index contributed by atoms with van der Waals surface area (Å²) in [4.78, 5) is 20.3. The molecule has 2 aromatic rings. The van der Waals surface area contributed by atoms with Gasteiger partial charge in [-0.05, 0) is 17.5 Å². The average Bonchev–Trinajstić information content (AvgIpc) is 2.84. The van der Waals surface area contributed by atoms with E-state index in [9.17, 15) is 45.4 Å². The van der Waals surface area contributed by atoms with E-state index in [1.54, 1.807) is 30.3 Å². The number of hydrogen-bond acceptors (Lipinski definition) is 11. The normalized spacial score (nSPS) is 10.7. The number of aliphatic carboxylic acids is 1. The second-order valence-electron chi connectivity index (χ2n) is 6.34. The van der Waals surface area contributed by atoms with Gasteiger partial charge < -0.3 is 24.8 Å². The molecule has 19 heteroatoms. The molecule has 39 heavy (non-hydrogen) atoms. The average molecular weight is 622 g/mol. The summed E-state index contributed by atoms with van der Waals surface area (Å²) in [7, 11) is -6.08. The summed E-state index contributed by atoms with van der Waals surface area (Å²) < 4.78 is 84.8. The van der Waals surface area contributed by atoms with Crippen molar-refractivity contribution < 1.29 is 129 Å². The zero-order valence-corrected chi connectivity index (χ0v) is 26.1. The van der Waals surface area contributed by atoms with Crippen molar-refractivity contribution in [1.82, 2.24) is 0 Å². The maximum Gasteiger partial charge on any atom is 1.00 e. The third kappa shape index (κ3) is 18.3. The van der Waals surface area contributed by atoms with Crippen LogP contribution in [0.4, 0.5) is 17.6 Å². The smallest absolute Gasteiger partial charge is 0.743 e. The molecule has 0 aliphatic carbocycles. The van der Waals surface area contributed by atoms with E-state index in [1.165, 1.54) is 5.56 Å². The predicted octanol–water partition coefficient (Wildman–Crippen LogP) is -4.32. The number of rotatable bonds is 11. The zero-order chi connectivity index (χ0) is 28.5. The monoisotopic (exact) mass is 622 g/mol. The summed E-state index contributed by atoms with van der Waals surface area (Å²) in [6.07, 6.45) is 1.08. The van der Waals surface area contributed by atoms with Crippen LogP contribution >= 0.6 is 12.0 Å². The third-order valence-corrected chi connectivity index (χ3v) is 4.98. The summed E-state index contributed by atoms with van der Waals surface area (Å²) in [6.45, 7) is 0.0429. The fourth-order valence-electron chi connectivity index (χ4n) is 1.96. The number of aliphatic hydroxyl groups excluding tert-OH is 1. The molecule has 0 bridgehead atoms. The van der Waals surface area contributed by atoms with Gasteiger partial charge in [-0.2, -0.15) is 21.9 Å². The fraction of sp³-hybridized carbons (Fsp3) is 0.300. The first-order chi connectivity index (χ1) is 17.2. The van der Waals surface area contributed by atoms with E-state index >= 15 is 0 Å². The molecule has 0 heterocycles. The Morgan fingerprint density at radius 1 is 0.897 bits per heavy atom. The van der Waals surface area contributed by atoms with Crippen LogP contribution in [-0.4, -0.2) is 58.8 Å². The van der Waals surface area contributed by atoms with Crippen LogP contribution in [0.1, 0.15) is 11.1 Å². The largest absolute Gasteiger partial charge is 1.00 e. The van der Waals surface area contributed by atoms with Crippen LogP contribution in [0, 0.1) is 0 Å². The van der Waals surface area contributed by atoms with Gasteiger partial charge in [0.2, 0.25) is 0 Å². The summed E-state index contributed by atoms with van der Waals surface area (Å²) in [5.41, 5.74) is 2.04. The van der Waals surface area contributed by atoms with Gasteiger partial charge in [0.05, 0.1) is 6.61 Å². The van der Waals surface area contributed by atoms with Crippen molar-refractivity contribution in [2.24, 2.45) is 0 Å². The first kappa shape index (κ1) is 42.7. The molecule has 0 aromatic heterocycles. The number of carbonyl (C=O) groups excluding carboxylic acids is 1. The molecule has 2 aromatic carbocycles. The van der Waals surface area contributed by atoms with Crippen LogP contribution in [0.15, 0.2) is 60.7 Å². The first-order valence-corrected chi connectivity index (χ1v) is 11.8. The first-order valence-electron chi connectivity index (χ1n) is 9.63. The van der Waals surface area contributed by atoms with Gasteiger partial charge >= 0.3 is 81.6 Å². The van der Waals surface area contributed by atoms with Crippen LogP contribution in [-0.2, 0) is 46.7 Å². The topological polar surface area (TPSA) is 183 Å². The minimum absolute atomic E-state index is 0. The fourth-order valence-corrected chi connectivity index (χ4v) is 2.42. The Morgan fingerprint density at radius 2 is 1.33 bits per heavy atom. The van der Waals surface area contributed by atoms with E-state index in [4.69, 9.17) is 10.2 Å². The molecule has 0 amide bonds. The maximum atomic E-state index is 12.9. The van der Waals surface area contributed by atoms with Gasteiger partial charge in [0.15, 0.2) is 10.1 Å². The van der Waals surface area contributed by atoms with Crippen LogP contribution < -0.4 is 64.4 Å². The Balaban J connectivity index is -0.000000528. The molecule has 0 atom stereocenters. The molecule has 0 radical (unpaired) electrons. The van der Waals surface area contributed by atoms with Gasteiger partial charge in [0.25, 0.3) is 0 Å². The minimum atomic E-state index is -6.08. The second-order valence-corrected chi connectivity index (χ2v) is 8.58. The molecule has 208 valence electrons. The van der Waals surface area contributed by atoms with Crippen LogP contribution in [0.2, 0.25) is 0 Å². The molecule has 2 N–H and O–H groups in total. The van der Waals surface area contributed by atoms with E-state index in [2.05, 4.69) is 14.1 Å². The SMILES string of the molecule is O=C(O)C(F)(F)S(=O)(=O)[O-].O=C(OCCc1ccccc1)C(F)(F)SOO[O-].OCCc1ccccc1.[Na+].[Na+]. The predicted molar refractivity (Wildman–Crippen MR) is 115 cm³/mol. The summed E-state index contributed by atoms with van der Waals surface area (Å²) >= 11 is -0.710. The molecule has 0 saturated carbocycles. The van der Waals surface area contributed by atoms with Crippen molar-refractivity contribution in [3.05, 3.63) is 71.8 Å². The molecule has 11 nitrogen and oxygen atoms in total. The molecule has 2 rings (SSSR count). The molecule has 0 aliphatic heterocycles. The number of esters is 1. The second kappa shape index (κ2) is 21.9. The van der Waals surface area contributed by atoms with Crippen LogP contribution in [0.25, 0.3) is 0 Å². The van der Waals surface area contributed by atoms with Crippen molar-refractivity contribution in [3.8, 4) is 0 Å². The molecule has 0 spiro atoms. The Morgan fingerprint density at radius 3 is 1.67 bits per heavy atom. The van der Waals surface area contributed by atoms with Crippen molar-refractivity contribution in [2.75, 3.05) is 13.2 Å². The van der Waals surface area contributed by atoms with Gasteiger partial charge in [-0.1, -0.05) is 60.7 Å². The Labute approximate surface area is 269 Å². The number of ether oxygens (including phenoxy) is 1. The van der Waals surface area contributed by atoms with E-state index in [0.29, 0.717) is 6.42 Å². The maximum absolute atomic E-state index is 12.9. The van der Waals surface area contributed by atoms with E-state index in [-0.39, 0.29) is 72.3 Å². The quantitative estimate of drug-likeness (QED) is 0.0469. The van der Waals surface area contributed by atoms with Gasteiger partial charge in [-0.3, -0.25) is 5.04 Å². The standard InChI is InChI=1S/C10H10F2O5S.C8H10O.C2H2F2O5S.2Na/c11-10(12,18-17-16-14)9(13)15-7-6-8-4-2-1-3-5-8;9-7-6-8-4-2-1-3-5-8;3-2(4,1(5)6)10(7,8)9;;/h1-5,14H,6-7H2;1-5,9H,6-7H2;(H,5,6)(H,7,8,9);;/q;;;2*+1/p-2. The van der Waals surface area contributed by atoms with Gasteiger partial charge in [-0.25, -0.2) is 18.0 Å². The van der Waals surface area contributed by atoms with E-state index in [1.807, 2.05) is 30.3 Å². The number of halogens is 4. The van der Waals surface area contributed by atoms with Crippen LogP contribution in [0.3, 0.4) is 0 Å². The molecule has 0 unspecified atom stereocenters. The Hall–Kier alpha value is -0.800. The molecular weight excluding hydrogens is 602 g/mol. The number of hydrogen-bond donors (Lipinski definition) is 2. The van der Waals surface area contributed by atoms with Crippen molar-refractivity contribution in [3.63, 3.8) is 0 Å². The number of alkyl halides is 4. The number of benzene rings is 2. The molecular formula is C20H20F4Na2O11S2. The molecule has 0 fully saturated rings. The van der Waals surface area contributed by atoms with Gasteiger partial charge in [0.1, 0.15) is 12.0 Å². The van der Waals surface area contributed by atoms with Crippen molar-refractivity contribution in [2.45, 2.75) is 23.4 Å². The van der Waals surface area contributed by atoms with E-state index in [0.717, 1.165) is 12.0 Å². The summed E-state index contributed by atoms with van der Waals surface area (Å²) in [6, 6.07) is 18.9. The zero-order valence-electron chi connectivity index (χ0n) is 20.5. The molecule has 0 saturated heterocycles.